The summed E-state index contributed by atoms with van der Waals surface area (Å²) in [7, 11) is 2.84. The maximum Gasteiger partial charge on any atom is 0.208 e. The molecule has 0 unspecified atom stereocenters. The molecule has 3 nitrogen and oxygen atoms in total. The van der Waals surface area contributed by atoms with E-state index in [2.05, 4.69) is 15.9 Å². The lowest BCUT2D eigenvalue weighted by Crippen LogP contribution is -2.34. The molecule has 0 spiro atoms. The Morgan fingerprint density at radius 3 is 2.24 bits per heavy atom. The normalized spacial score (nSPS) is 11.5. The van der Waals surface area contributed by atoms with Gasteiger partial charge in [0.15, 0.2) is 11.5 Å². The Morgan fingerprint density at radius 2 is 1.82 bits per heavy atom. The van der Waals surface area contributed by atoms with Crippen molar-refractivity contribution < 1.29 is 13.9 Å². The molecule has 96 valence electrons. The fourth-order valence-corrected chi connectivity index (χ4v) is 2.28. The summed E-state index contributed by atoms with van der Waals surface area (Å²) in [6.45, 7) is 3.75. The van der Waals surface area contributed by atoms with Gasteiger partial charge < -0.3 is 15.2 Å². The highest BCUT2D eigenvalue weighted by molar-refractivity contribution is 9.10. The third kappa shape index (κ3) is 3.33. The Labute approximate surface area is 109 Å². The monoisotopic (exact) mass is 305 g/mol. The number of benzene rings is 1. The van der Waals surface area contributed by atoms with Gasteiger partial charge in [-0.2, -0.15) is 4.39 Å². The van der Waals surface area contributed by atoms with Crippen LogP contribution in [-0.2, 0) is 6.42 Å². The SMILES string of the molecule is COc1c(Br)cc(CC(C)(C)N)c(OC)c1F. The predicted octanol–water partition coefficient (Wildman–Crippen LogP) is 2.89. The maximum atomic E-state index is 14.0. The molecule has 2 N–H and O–H groups in total. The van der Waals surface area contributed by atoms with Crippen LogP contribution in [0.3, 0.4) is 0 Å². The minimum atomic E-state index is -0.511. The number of ether oxygens (including phenoxy) is 2. The van der Waals surface area contributed by atoms with Crippen LogP contribution in [0, 0.1) is 5.82 Å². The van der Waals surface area contributed by atoms with Crippen LogP contribution in [0.15, 0.2) is 10.5 Å². The molecule has 0 heterocycles. The van der Waals surface area contributed by atoms with Gasteiger partial charge in [-0.15, -0.1) is 0 Å². The van der Waals surface area contributed by atoms with Gasteiger partial charge in [-0.3, -0.25) is 0 Å². The summed E-state index contributed by atoms with van der Waals surface area (Å²) < 4.78 is 24.7. The fourth-order valence-electron chi connectivity index (χ4n) is 1.66. The van der Waals surface area contributed by atoms with Crippen LogP contribution in [0.2, 0.25) is 0 Å². The summed E-state index contributed by atoms with van der Waals surface area (Å²) >= 11 is 3.27. The van der Waals surface area contributed by atoms with Gasteiger partial charge in [-0.1, -0.05) is 0 Å². The van der Waals surface area contributed by atoms with E-state index in [0.29, 0.717) is 16.5 Å². The summed E-state index contributed by atoms with van der Waals surface area (Å²) in [4.78, 5) is 0. The number of nitrogens with two attached hydrogens (primary N) is 1. The maximum absolute atomic E-state index is 14.0. The minimum Gasteiger partial charge on any atom is -0.493 e. The summed E-state index contributed by atoms with van der Waals surface area (Å²) in [5, 5.41) is 0. The van der Waals surface area contributed by atoms with Gasteiger partial charge in [0.05, 0.1) is 18.7 Å². The van der Waals surface area contributed by atoms with Crippen molar-refractivity contribution in [3.05, 3.63) is 21.9 Å². The lowest BCUT2D eigenvalue weighted by molar-refractivity contribution is 0.342. The van der Waals surface area contributed by atoms with Crippen molar-refractivity contribution in [2.24, 2.45) is 5.73 Å². The van der Waals surface area contributed by atoms with Crippen LogP contribution in [0.25, 0.3) is 0 Å². The lowest BCUT2D eigenvalue weighted by atomic mass is 9.95. The number of methoxy groups -OCH3 is 2. The van der Waals surface area contributed by atoms with Crippen molar-refractivity contribution in [3.8, 4) is 11.5 Å². The van der Waals surface area contributed by atoms with Gasteiger partial charge in [0.1, 0.15) is 0 Å². The summed E-state index contributed by atoms with van der Waals surface area (Å²) in [5.74, 6) is -0.187. The molecule has 0 aromatic heterocycles. The second kappa shape index (κ2) is 5.23. The molecule has 0 bridgehead atoms. The number of rotatable bonds is 4. The molecule has 1 aromatic rings. The van der Waals surface area contributed by atoms with Crippen molar-refractivity contribution in [2.75, 3.05) is 14.2 Å². The van der Waals surface area contributed by atoms with Gasteiger partial charge in [0, 0.05) is 11.1 Å². The van der Waals surface area contributed by atoms with Gasteiger partial charge >= 0.3 is 0 Å². The topological polar surface area (TPSA) is 44.5 Å². The second-order valence-electron chi connectivity index (χ2n) is 4.56. The van der Waals surface area contributed by atoms with Crippen molar-refractivity contribution in [1.29, 1.82) is 0 Å². The average Bonchev–Trinajstić information content (AvgIpc) is 2.15. The van der Waals surface area contributed by atoms with E-state index in [-0.39, 0.29) is 11.5 Å². The number of hydrogen-bond donors (Lipinski definition) is 1. The molecular weight excluding hydrogens is 289 g/mol. The van der Waals surface area contributed by atoms with Crippen molar-refractivity contribution in [2.45, 2.75) is 25.8 Å². The van der Waals surface area contributed by atoms with E-state index in [1.807, 2.05) is 13.8 Å². The molecular formula is C12H17BrFNO2. The van der Waals surface area contributed by atoms with Crippen molar-refractivity contribution in [1.82, 2.24) is 0 Å². The standard InChI is InChI=1S/C12H17BrFNO2/c1-12(2,15)6-7-5-8(13)11(17-4)9(14)10(7)16-3/h5H,6,15H2,1-4H3. The minimum absolute atomic E-state index is 0.139. The van der Waals surface area contributed by atoms with E-state index in [1.165, 1.54) is 14.2 Å². The van der Waals surface area contributed by atoms with E-state index in [4.69, 9.17) is 15.2 Å². The molecule has 1 rings (SSSR count). The van der Waals surface area contributed by atoms with Crippen molar-refractivity contribution >= 4 is 15.9 Å². The van der Waals surface area contributed by atoms with Crippen LogP contribution in [0.4, 0.5) is 4.39 Å². The summed E-state index contributed by atoms with van der Waals surface area (Å²) in [5.41, 5.74) is 6.21. The van der Waals surface area contributed by atoms with E-state index in [9.17, 15) is 4.39 Å². The molecule has 0 saturated carbocycles. The lowest BCUT2D eigenvalue weighted by Gasteiger charge is -2.21. The van der Waals surface area contributed by atoms with Gasteiger partial charge in [0.2, 0.25) is 5.82 Å². The summed E-state index contributed by atoms with van der Waals surface area (Å²) in [6, 6.07) is 1.77. The first kappa shape index (κ1) is 14.3. The quantitative estimate of drug-likeness (QED) is 0.930. The molecule has 0 amide bonds. The van der Waals surface area contributed by atoms with Gasteiger partial charge in [-0.25, -0.2) is 0 Å². The molecule has 0 aliphatic rings. The van der Waals surface area contributed by atoms with Gasteiger partial charge in [-0.05, 0) is 42.3 Å². The second-order valence-corrected chi connectivity index (χ2v) is 5.42. The molecule has 0 fully saturated rings. The molecule has 0 saturated heterocycles. The molecule has 0 aliphatic heterocycles. The molecule has 0 atom stereocenters. The van der Waals surface area contributed by atoms with E-state index in [1.54, 1.807) is 6.07 Å². The smallest absolute Gasteiger partial charge is 0.208 e. The van der Waals surface area contributed by atoms with Crippen LogP contribution in [0.1, 0.15) is 19.4 Å². The fraction of sp³-hybridized carbons (Fsp3) is 0.500. The number of halogens is 2. The zero-order valence-corrected chi connectivity index (χ0v) is 12.0. The Balaban J connectivity index is 3.32. The molecule has 0 radical (unpaired) electrons. The first-order valence-electron chi connectivity index (χ1n) is 5.18. The highest BCUT2D eigenvalue weighted by atomic mass is 79.9. The summed E-state index contributed by atoms with van der Waals surface area (Å²) in [6.07, 6.45) is 0.510. The third-order valence-corrected chi connectivity index (χ3v) is 2.85. The van der Waals surface area contributed by atoms with Crippen LogP contribution in [-0.4, -0.2) is 19.8 Å². The Morgan fingerprint density at radius 1 is 1.29 bits per heavy atom. The highest BCUT2D eigenvalue weighted by Crippen LogP contribution is 2.38. The van der Waals surface area contributed by atoms with Crippen LogP contribution < -0.4 is 15.2 Å². The zero-order valence-electron chi connectivity index (χ0n) is 10.4. The molecule has 1 aromatic carbocycles. The van der Waals surface area contributed by atoms with E-state index in [0.717, 1.165) is 0 Å². The van der Waals surface area contributed by atoms with E-state index >= 15 is 0 Å². The van der Waals surface area contributed by atoms with Crippen LogP contribution in [0.5, 0.6) is 11.5 Å². The Kier molecular flexibility index (Phi) is 4.38. The van der Waals surface area contributed by atoms with E-state index < -0.39 is 11.4 Å². The van der Waals surface area contributed by atoms with Gasteiger partial charge in [0.25, 0.3) is 0 Å². The zero-order chi connectivity index (χ0) is 13.2. The average molecular weight is 306 g/mol. The third-order valence-electron chi connectivity index (χ3n) is 2.26. The molecule has 5 heteroatoms. The molecule has 0 aliphatic carbocycles. The first-order chi connectivity index (χ1) is 7.80. The largest absolute Gasteiger partial charge is 0.493 e. The Hall–Kier alpha value is -0.810. The predicted molar refractivity (Wildman–Crippen MR) is 69.2 cm³/mol. The van der Waals surface area contributed by atoms with Crippen molar-refractivity contribution in [3.63, 3.8) is 0 Å². The molecule has 17 heavy (non-hydrogen) atoms. The highest BCUT2D eigenvalue weighted by Gasteiger charge is 2.22. The number of hydrogen-bond acceptors (Lipinski definition) is 3. The first-order valence-corrected chi connectivity index (χ1v) is 5.97. The Bertz CT molecular complexity index is 416. The van der Waals surface area contributed by atoms with Crippen LogP contribution >= 0.6 is 15.9 Å².